The van der Waals surface area contributed by atoms with E-state index in [1.807, 2.05) is 0 Å². The Kier molecular flexibility index (Phi) is 5.75. The van der Waals surface area contributed by atoms with E-state index >= 15 is 0 Å². The van der Waals surface area contributed by atoms with Gasteiger partial charge in [0.15, 0.2) is 5.76 Å². The SMILES string of the molecule is CCOC(=O)c1cccc(NC(=O)N2CCN(C(=O)c3ccco3)CC2)c1. The van der Waals surface area contributed by atoms with E-state index in [1.54, 1.807) is 53.1 Å². The number of rotatable bonds is 4. The number of amides is 3. The second-order valence-corrected chi connectivity index (χ2v) is 5.99. The van der Waals surface area contributed by atoms with Gasteiger partial charge in [0.1, 0.15) is 0 Å². The molecule has 1 aromatic carbocycles. The van der Waals surface area contributed by atoms with Gasteiger partial charge in [0.05, 0.1) is 18.4 Å². The number of hydrogen-bond acceptors (Lipinski definition) is 5. The van der Waals surface area contributed by atoms with Gasteiger partial charge in [-0.25, -0.2) is 9.59 Å². The van der Waals surface area contributed by atoms with Crippen molar-refractivity contribution in [2.24, 2.45) is 0 Å². The Labute approximate surface area is 156 Å². The van der Waals surface area contributed by atoms with Crippen molar-refractivity contribution >= 4 is 23.6 Å². The minimum Gasteiger partial charge on any atom is -0.462 e. The monoisotopic (exact) mass is 371 g/mol. The molecule has 142 valence electrons. The predicted octanol–water partition coefficient (Wildman–Crippen LogP) is 2.45. The quantitative estimate of drug-likeness (QED) is 0.834. The molecule has 3 rings (SSSR count). The molecule has 1 aromatic heterocycles. The fourth-order valence-electron chi connectivity index (χ4n) is 2.81. The van der Waals surface area contributed by atoms with E-state index in [1.165, 1.54) is 6.26 Å². The molecule has 0 saturated carbocycles. The van der Waals surface area contributed by atoms with Crippen LogP contribution in [0.4, 0.5) is 10.5 Å². The Morgan fingerprint density at radius 3 is 2.48 bits per heavy atom. The summed E-state index contributed by atoms with van der Waals surface area (Å²) < 4.78 is 10.1. The number of furan rings is 1. The van der Waals surface area contributed by atoms with Crippen LogP contribution in [0.15, 0.2) is 47.1 Å². The normalized spacial score (nSPS) is 14.0. The van der Waals surface area contributed by atoms with Gasteiger partial charge < -0.3 is 24.3 Å². The van der Waals surface area contributed by atoms with Crippen LogP contribution in [0.5, 0.6) is 0 Å². The number of nitrogens with one attached hydrogen (secondary N) is 1. The summed E-state index contributed by atoms with van der Waals surface area (Å²) in [5.41, 5.74) is 0.892. The van der Waals surface area contributed by atoms with Gasteiger partial charge in [-0.05, 0) is 37.3 Å². The summed E-state index contributed by atoms with van der Waals surface area (Å²) in [5, 5.41) is 2.78. The highest BCUT2D eigenvalue weighted by Gasteiger charge is 2.26. The first-order chi connectivity index (χ1) is 13.1. The molecule has 1 N–H and O–H groups in total. The van der Waals surface area contributed by atoms with E-state index in [4.69, 9.17) is 9.15 Å². The average Bonchev–Trinajstić information content (AvgIpc) is 3.23. The summed E-state index contributed by atoms with van der Waals surface area (Å²) in [6.45, 7) is 3.70. The number of piperazine rings is 1. The summed E-state index contributed by atoms with van der Waals surface area (Å²) in [6, 6.07) is 9.61. The summed E-state index contributed by atoms with van der Waals surface area (Å²) in [6.07, 6.45) is 1.46. The Morgan fingerprint density at radius 1 is 1.07 bits per heavy atom. The smallest absolute Gasteiger partial charge is 0.338 e. The van der Waals surface area contributed by atoms with Gasteiger partial charge in [-0.1, -0.05) is 6.07 Å². The maximum absolute atomic E-state index is 12.5. The van der Waals surface area contributed by atoms with Gasteiger partial charge in [-0.15, -0.1) is 0 Å². The molecule has 0 bridgehead atoms. The van der Waals surface area contributed by atoms with Crippen LogP contribution < -0.4 is 5.32 Å². The molecule has 2 heterocycles. The second-order valence-electron chi connectivity index (χ2n) is 5.99. The van der Waals surface area contributed by atoms with Crippen molar-refractivity contribution in [1.82, 2.24) is 9.80 Å². The molecule has 27 heavy (non-hydrogen) atoms. The van der Waals surface area contributed by atoms with Crippen molar-refractivity contribution in [2.45, 2.75) is 6.92 Å². The number of ether oxygens (including phenoxy) is 1. The fourth-order valence-corrected chi connectivity index (χ4v) is 2.81. The predicted molar refractivity (Wildman–Crippen MR) is 97.6 cm³/mol. The van der Waals surface area contributed by atoms with Gasteiger partial charge in [0.2, 0.25) is 0 Å². The lowest BCUT2D eigenvalue weighted by Crippen LogP contribution is -2.51. The average molecular weight is 371 g/mol. The number of benzene rings is 1. The third-order valence-electron chi connectivity index (χ3n) is 4.21. The first-order valence-corrected chi connectivity index (χ1v) is 8.74. The van der Waals surface area contributed by atoms with Gasteiger partial charge in [0, 0.05) is 31.9 Å². The van der Waals surface area contributed by atoms with Gasteiger partial charge >= 0.3 is 12.0 Å². The Morgan fingerprint density at radius 2 is 1.81 bits per heavy atom. The summed E-state index contributed by atoms with van der Waals surface area (Å²) in [5.74, 6) is -0.315. The van der Waals surface area contributed by atoms with Crippen LogP contribution in [0.2, 0.25) is 0 Å². The first kappa shape index (κ1) is 18.5. The van der Waals surface area contributed by atoms with E-state index in [9.17, 15) is 14.4 Å². The van der Waals surface area contributed by atoms with Crippen LogP contribution in [-0.4, -0.2) is 60.5 Å². The molecule has 2 aromatic rings. The zero-order valence-electron chi connectivity index (χ0n) is 15.0. The molecular formula is C19H21N3O5. The molecule has 8 heteroatoms. The van der Waals surface area contributed by atoms with E-state index < -0.39 is 5.97 Å². The molecular weight excluding hydrogens is 350 g/mol. The van der Waals surface area contributed by atoms with Crippen molar-refractivity contribution in [3.8, 4) is 0 Å². The summed E-state index contributed by atoms with van der Waals surface area (Å²) in [4.78, 5) is 39.8. The van der Waals surface area contributed by atoms with E-state index in [-0.39, 0.29) is 18.5 Å². The van der Waals surface area contributed by atoms with E-state index in [0.29, 0.717) is 43.2 Å². The lowest BCUT2D eigenvalue weighted by atomic mass is 10.2. The summed E-state index contributed by atoms with van der Waals surface area (Å²) >= 11 is 0. The van der Waals surface area contributed by atoms with Crippen LogP contribution in [-0.2, 0) is 4.74 Å². The maximum Gasteiger partial charge on any atom is 0.338 e. The van der Waals surface area contributed by atoms with E-state index in [2.05, 4.69) is 5.32 Å². The van der Waals surface area contributed by atoms with Gasteiger partial charge in [-0.3, -0.25) is 4.79 Å². The van der Waals surface area contributed by atoms with Crippen LogP contribution >= 0.6 is 0 Å². The first-order valence-electron chi connectivity index (χ1n) is 8.74. The zero-order chi connectivity index (χ0) is 19.2. The third-order valence-corrected chi connectivity index (χ3v) is 4.21. The molecule has 0 radical (unpaired) electrons. The number of carbonyl (C=O) groups is 3. The lowest BCUT2D eigenvalue weighted by Gasteiger charge is -2.34. The number of anilines is 1. The van der Waals surface area contributed by atoms with Gasteiger partial charge in [0.25, 0.3) is 5.91 Å². The minimum absolute atomic E-state index is 0.179. The largest absolute Gasteiger partial charge is 0.462 e. The number of hydrogen-bond donors (Lipinski definition) is 1. The highest BCUT2D eigenvalue weighted by atomic mass is 16.5. The Hall–Kier alpha value is -3.29. The molecule has 1 saturated heterocycles. The van der Waals surface area contributed by atoms with E-state index in [0.717, 1.165) is 0 Å². The molecule has 1 aliphatic rings. The summed E-state index contributed by atoms with van der Waals surface area (Å²) in [7, 11) is 0. The molecule has 0 spiro atoms. The number of carbonyl (C=O) groups excluding carboxylic acids is 3. The zero-order valence-corrected chi connectivity index (χ0v) is 15.0. The van der Waals surface area contributed by atoms with Crippen LogP contribution in [0.25, 0.3) is 0 Å². The molecule has 1 aliphatic heterocycles. The van der Waals surface area contributed by atoms with Gasteiger partial charge in [-0.2, -0.15) is 0 Å². The minimum atomic E-state index is -0.432. The molecule has 0 aliphatic carbocycles. The van der Waals surface area contributed by atoms with Crippen LogP contribution in [0.3, 0.4) is 0 Å². The second kappa shape index (κ2) is 8.39. The Balaban J connectivity index is 1.55. The molecule has 0 unspecified atom stereocenters. The maximum atomic E-state index is 12.5. The number of esters is 1. The van der Waals surface area contributed by atoms with Crippen molar-refractivity contribution in [3.05, 3.63) is 54.0 Å². The molecule has 8 nitrogen and oxygen atoms in total. The van der Waals surface area contributed by atoms with Crippen molar-refractivity contribution in [3.63, 3.8) is 0 Å². The molecule has 1 fully saturated rings. The molecule has 3 amide bonds. The number of nitrogens with zero attached hydrogens (tertiary/aromatic N) is 2. The third kappa shape index (κ3) is 4.46. The Bertz CT molecular complexity index is 811. The van der Waals surface area contributed by atoms with Crippen molar-refractivity contribution < 1.29 is 23.5 Å². The van der Waals surface area contributed by atoms with Crippen LogP contribution in [0, 0.1) is 0 Å². The van der Waals surface area contributed by atoms with Crippen LogP contribution in [0.1, 0.15) is 27.8 Å². The highest BCUT2D eigenvalue weighted by Crippen LogP contribution is 2.14. The van der Waals surface area contributed by atoms with Crippen molar-refractivity contribution in [1.29, 1.82) is 0 Å². The van der Waals surface area contributed by atoms with Crippen molar-refractivity contribution in [2.75, 3.05) is 38.1 Å². The molecule has 0 atom stereocenters. The standard InChI is InChI=1S/C19H21N3O5/c1-2-26-18(24)14-5-3-6-15(13-14)20-19(25)22-10-8-21(9-11-22)17(23)16-7-4-12-27-16/h3-7,12-13H,2,8-11H2,1H3,(H,20,25). The number of urea groups is 1. The highest BCUT2D eigenvalue weighted by molar-refractivity contribution is 5.94. The fraction of sp³-hybridized carbons (Fsp3) is 0.316. The lowest BCUT2D eigenvalue weighted by molar-refractivity contribution is 0.0526. The topological polar surface area (TPSA) is 92.1 Å².